The van der Waals surface area contributed by atoms with E-state index in [9.17, 15) is 8.42 Å². The van der Waals surface area contributed by atoms with E-state index in [2.05, 4.69) is 13.8 Å². The lowest BCUT2D eigenvalue weighted by Gasteiger charge is -2.20. The van der Waals surface area contributed by atoms with Gasteiger partial charge in [0.25, 0.3) is 0 Å². The first-order valence-corrected chi connectivity index (χ1v) is 8.96. The number of benzene rings is 1. The first kappa shape index (κ1) is 16.5. The van der Waals surface area contributed by atoms with Crippen molar-refractivity contribution in [3.63, 3.8) is 0 Å². The Morgan fingerprint density at radius 1 is 1.29 bits per heavy atom. The molecule has 118 valence electrons. The third kappa shape index (κ3) is 4.28. The molecule has 0 spiro atoms. The van der Waals surface area contributed by atoms with Gasteiger partial charge in [0.15, 0.2) is 0 Å². The Labute approximate surface area is 128 Å². The summed E-state index contributed by atoms with van der Waals surface area (Å²) in [7, 11) is -1.75. The predicted octanol–water partition coefficient (Wildman–Crippen LogP) is 2.54. The van der Waals surface area contributed by atoms with Crippen LogP contribution in [0.25, 0.3) is 0 Å². The average molecular weight is 311 g/mol. The van der Waals surface area contributed by atoms with Gasteiger partial charge in [-0.15, -0.1) is 0 Å². The summed E-state index contributed by atoms with van der Waals surface area (Å²) in [6, 6.07) is 7.27. The molecule has 1 fully saturated rings. The Kier molecular flexibility index (Phi) is 5.41. The summed E-state index contributed by atoms with van der Waals surface area (Å²) in [4.78, 5) is 0.372. The van der Waals surface area contributed by atoms with Crippen molar-refractivity contribution in [1.29, 1.82) is 0 Å². The van der Waals surface area contributed by atoms with Gasteiger partial charge in [-0.25, -0.2) is 12.7 Å². The molecule has 2 rings (SSSR count). The molecule has 0 bridgehead atoms. The number of sulfonamides is 1. The van der Waals surface area contributed by atoms with Gasteiger partial charge in [-0.05, 0) is 42.4 Å². The SMILES string of the molecule is CC(C)Cc1ccc(S(=O)(=O)N(C)CC2CCOC2)cc1. The third-order valence-electron chi connectivity index (χ3n) is 3.81. The third-order valence-corrected chi connectivity index (χ3v) is 5.65. The number of hydrogen-bond donors (Lipinski definition) is 0. The highest BCUT2D eigenvalue weighted by Crippen LogP contribution is 2.20. The van der Waals surface area contributed by atoms with Crippen molar-refractivity contribution in [3.05, 3.63) is 29.8 Å². The van der Waals surface area contributed by atoms with Crippen molar-refractivity contribution >= 4 is 10.0 Å². The summed E-state index contributed by atoms with van der Waals surface area (Å²) in [6.45, 7) is 6.23. The van der Waals surface area contributed by atoms with Gasteiger partial charge in [0, 0.05) is 20.2 Å². The van der Waals surface area contributed by atoms with Crippen LogP contribution in [0.1, 0.15) is 25.8 Å². The Morgan fingerprint density at radius 2 is 1.95 bits per heavy atom. The highest BCUT2D eigenvalue weighted by atomic mass is 32.2. The minimum Gasteiger partial charge on any atom is -0.381 e. The van der Waals surface area contributed by atoms with Gasteiger partial charge in [0.1, 0.15) is 0 Å². The smallest absolute Gasteiger partial charge is 0.242 e. The molecule has 4 nitrogen and oxygen atoms in total. The lowest BCUT2D eigenvalue weighted by Crippen LogP contribution is -2.32. The molecular weight excluding hydrogens is 286 g/mol. The van der Waals surface area contributed by atoms with Crippen LogP contribution in [0, 0.1) is 11.8 Å². The molecule has 0 radical (unpaired) electrons. The zero-order valence-electron chi connectivity index (χ0n) is 13.1. The van der Waals surface area contributed by atoms with Crippen molar-refractivity contribution in [2.24, 2.45) is 11.8 Å². The molecule has 1 aromatic rings. The van der Waals surface area contributed by atoms with Crippen LogP contribution in [0.2, 0.25) is 0 Å². The monoisotopic (exact) mass is 311 g/mol. The molecule has 1 aliphatic rings. The molecule has 0 saturated carbocycles. The van der Waals surface area contributed by atoms with E-state index in [1.54, 1.807) is 19.2 Å². The van der Waals surface area contributed by atoms with Gasteiger partial charge in [-0.2, -0.15) is 0 Å². The van der Waals surface area contributed by atoms with E-state index in [-0.39, 0.29) is 0 Å². The summed E-state index contributed by atoms with van der Waals surface area (Å²) < 4.78 is 31.8. The molecule has 1 saturated heterocycles. The van der Waals surface area contributed by atoms with Crippen molar-refractivity contribution < 1.29 is 13.2 Å². The lowest BCUT2D eigenvalue weighted by molar-refractivity contribution is 0.182. The van der Waals surface area contributed by atoms with E-state index in [4.69, 9.17) is 4.74 Å². The molecule has 1 atom stereocenters. The van der Waals surface area contributed by atoms with Crippen molar-refractivity contribution in [1.82, 2.24) is 4.31 Å². The molecule has 21 heavy (non-hydrogen) atoms. The fourth-order valence-corrected chi connectivity index (χ4v) is 3.88. The highest BCUT2D eigenvalue weighted by molar-refractivity contribution is 7.89. The Balaban J connectivity index is 2.07. The van der Waals surface area contributed by atoms with Gasteiger partial charge >= 0.3 is 0 Å². The second-order valence-corrected chi connectivity index (χ2v) is 8.30. The molecule has 1 aliphatic heterocycles. The summed E-state index contributed by atoms with van der Waals surface area (Å²) in [6.07, 6.45) is 1.91. The normalized spacial score (nSPS) is 19.6. The number of ether oxygens (including phenoxy) is 1. The maximum atomic E-state index is 12.5. The fraction of sp³-hybridized carbons (Fsp3) is 0.625. The Morgan fingerprint density at radius 3 is 2.48 bits per heavy atom. The molecule has 0 aromatic heterocycles. The molecule has 1 unspecified atom stereocenters. The van der Waals surface area contributed by atoms with Crippen LogP contribution in [-0.2, 0) is 21.2 Å². The summed E-state index contributed by atoms with van der Waals surface area (Å²) in [5.41, 5.74) is 1.18. The van der Waals surface area contributed by atoms with Gasteiger partial charge < -0.3 is 4.74 Å². The van der Waals surface area contributed by atoms with Crippen LogP contribution >= 0.6 is 0 Å². The molecule has 0 amide bonds. The molecule has 0 N–H and O–H groups in total. The Bertz CT molecular complexity index is 545. The number of nitrogens with zero attached hydrogens (tertiary/aromatic N) is 1. The molecule has 0 aliphatic carbocycles. The van der Waals surface area contributed by atoms with Crippen LogP contribution in [0.3, 0.4) is 0 Å². The summed E-state index contributed by atoms with van der Waals surface area (Å²) >= 11 is 0. The van der Waals surface area contributed by atoms with E-state index >= 15 is 0 Å². The van der Waals surface area contributed by atoms with Crippen LogP contribution in [0.15, 0.2) is 29.2 Å². The van der Waals surface area contributed by atoms with Crippen LogP contribution in [-0.4, -0.2) is 39.5 Å². The second kappa shape index (κ2) is 6.90. The zero-order chi connectivity index (χ0) is 15.5. The topological polar surface area (TPSA) is 46.6 Å². The first-order chi connectivity index (χ1) is 9.89. The van der Waals surface area contributed by atoms with E-state index in [1.807, 2.05) is 12.1 Å². The maximum Gasteiger partial charge on any atom is 0.242 e. The molecule has 5 heteroatoms. The van der Waals surface area contributed by atoms with E-state index in [0.717, 1.165) is 19.4 Å². The highest BCUT2D eigenvalue weighted by Gasteiger charge is 2.25. The summed E-state index contributed by atoms with van der Waals surface area (Å²) in [5.74, 6) is 0.877. The van der Waals surface area contributed by atoms with Gasteiger partial charge in [0.2, 0.25) is 10.0 Å². The van der Waals surface area contributed by atoms with Crippen molar-refractivity contribution in [2.45, 2.75) is 31.6 Å². The van der Waals surface area contributed by atoms with Gasteiger partial charge in [0.05, 0.1) is 11.5 Å². The van der Waals surface area contributed by atoms with E-state index in [0.29, 0.717) is 29.9 Å². The first-order valence-electron chi connectivity index (χ1n) is 7.52. The standard InChI is InChI=1S/C16H25NO3S/c1-13(2)10-14-4-6-16(7-5-14)21(18,19)17(3)11-15-8-9-20-12-15/h4-7,13,15H,8-12H2,1-3H3. The molecule has 1 aromatic carbocycles. The second-order valence-electron chi connectivity index (χ2n) is 6.26. The lowest BCUT2D eigenvalue weighted by atomic mass is 10.0. The average Bonchev–Trinajstić information content (AvgIpc) is 2.91. The van der Waals surface area contributed by atoms with Crippen molar-refractivity contribution in [2.75, 3.05) is 26.8 Å². The van der Waals surface area contributed by atoms with Crippen LogP contribution < -0.4 is 0 Å². The minimum absolute atomic E-state index is 0.310. The van der Waals surface area contributed by atoms with Gasteiger partial charge in [-0.3, -0.25) is 0 Å². The molecular formula is C16H25NO3S. The Hall–Kier alpha value is -0.910. The minimum atomic E-state index is -3.39. The van der Waals surface area contributed by atoms with Gasteiger partial charge in [-0.1, -0.05) is 26.0 Å². The zero-order valence-corrected chi connectivity index (χ0v) is 13.9. The fourth-order valence-electron chi connectivity index (χ4n) is 2.64. The van der Waals surface area contributed by atoms with Crippen LogP contribution in [0.4, 0.5) is 0 Å². The van der Waals surface area contributed by atoms with E-state index in [1.165, 1.54) is 9.87 Å². The van der Waals surface area contributed by atoms with Crippen LogP contribution in [0.5, 0.6) is 0 Å². The number of hydrogen-bond acceptors (Lipinski definition) is 3. The largest absolute Gasteiger partial charge is 0.381 e. The number of rotatable bonds is 6. The van der Waals surface area contributed by atoms with E-state index < -0.39 is 10.0 Å². The van der Waals surface area contributed by atoms with Crippen molar-refractivity contribution in [3.8, 4) is 0 Å². The predicted molar refractivity (Wildman–Crippen MR) is 83.7 cm³/mol. The summed E-state index contributed by atoms with van der Waals surface area (Å²) in [5, 5.41) is 0. The maximum absolute atomic E-state index is 12.5. The molecule has 1 heterocycles. The quantitative estimate of drug-likeness (QED) is 0.811.